The van der Waals surface area contributed by atoms with E-state index in [9.17, 15) is 0 Å². The van der Waals surface area contributed by atoms with Crippen LogP contribution >= 0.6 is 0 Å². The van der Waals surface area contributed by atoms with Crippen molar-refractivity contribution in [1.82, 2.24) is 5.32 Å². The highest BCUT2D eigenvalue weighted by molar-refractivity contribution is 4.79. The summed E-state index contributed by atoms with van der Waals surface area (Å²) < 4.78 is 5.53. The summed E-state index contributed by atoms with van der Waals surface area (Å²) in [6.07, 6.45) is 4.14. The summed E-state index contributed by atoms with van der Waals surface area (Å²) >= 11 is 0. The molecule has 1 fully saturated rings. The second-order valence-corrected chi connectivity index (χ2v) is 4.67. The molecule has 1 rings (SSSR count). The van der Waals surface area contributed by atoms with Gasteiger partial charge in [0.2, 0.25) is 0 Å². The molecule has 2 heteroatoms. The summed E-state index contributed by atoms with van der Waals surface area (Å²) in [4.78, 5) is 0. The molecule has 0 aromatic heterocycles. The summed E-state index contributed by atoms with van der Waals surface area (Å²) in [5, 5.41) is 3.54. The van der Waals surface area contributed by atoms with Crippen molar-refractivity contribution in [2.75, 3.05) is 19.8 Å². The van der Waals surface area contributed by atoms with Crippen LogP contribution in [0.3, 0.4) is 0 Å². The maximum Gasteiger partial charge on any atom is 0.0497 e. The first-order valence-corrected chi connectivity index (χ1v) is 6.05. The molecule has 2 unspecified atom stereocenters. The van der Waals surface area contributed by atoms with Crippen LogP contribution in [0, 0.1) is 11.8 Å². The zero-order valence-corrected chi connectivity index (χ0v) is 9.88. The summed E-state index contributed by atoms with van der Waals surface area (Å²) in [5.41, 5.74) is 0. The van der Waals surface area contributed by atoms with Crippen LogP contribution in [0.25, 0.3) is 0 Å². The molecular weight excluding hydrogens is 174 g/mol. The predicted molar refractivity (Wildman–Crippen MR) is 60.5 cm³/mol. The van der Waals surface area contributed by atoms with Gasteiger partial charge in [0.1, 0.15) is 0 Å². The Labute approximate surface area is 88.4 Å². The standard InChI is InChI=1S/C12H25NO/c1-4-14-9-12-7-5-6-11(12)8-13-10(2)3/h10-13H,4-9H2,1-3H3. The Balaban J connectivity index is 2.21. The first-order chi connectivity index (χ1) is 6.74. The van der Waals surface area contributed by atoms with Crippen molar-refractivity contribution in [1.29, 1.82) is 0 Å². The topological polar surface area (TPSA) is 21.3 Å². The fourth-order valence-corrected chi connectivity index (χ4v) is 2.26. The van der Waals surface area contributed by atoms with Crippen molar-refractivity contribution < 1.29 is 4.74 Å². The molecule has 0 aromatic rings. The Kier molecular flexibility index (Phi) is 5.49. The molecule has 14 heavy (non-hydrogen) atoms. The van der Waals surface area contributed by atoms with Gasteiger partial charge in [-0.1, -0.05) is 20.3 Å². The highest BCUT2D eigenvalue weighted by Gasteiger charge is 2.26. The van der Waals surface area contributed by atoms with Gasteiger partial charge in [-0.2, -0.15) is 0 Å². The van der Waals surface area contributed by atoms with Gasteiger partial charge in [-0.25, -0.2) is 0 Å². The van der Waals surface area contributed by atoms with Crippen LogP contribution in [-0.4, -0.2) is 25.8 Å². The molecule has 1 aliphatic rings. The summed E-state index contributed by atoms with van der Waals surface area (Å²) in [7, 11) is 0. The third kappa shape index (κ3) is 3.97. The minimum Gasteiger partial charge on any atom is -0.381 e. The van der Waals surface area contributed by atoms with Crippen LogP contribution in [0.1, 0.15) is 40.0 Å². The van der Waals surface area contributed by atoms with E-state index in [0.29, 0.717) is 6.04 Å². The van der Waals surface area contributed by atoms with Crippen molar-refractivity contribution >= 4 is 0 Å². The number of hydrogen-bond donors (Lipinski definition) is 1. The first kappa shape index (κ1) is 12.0. The van der Waals surface area contributed by atoms with E-state index in [2.05, 4.69) is 26.1 Å². The lowest BCUT2D eigenvalue weighted by molar-refractivity contribution is 0.0948. The lowest BCUT2D eigenvalue weighted by Gasteiger charge is -2.21. The molecule has 0 heterocycles. The van der Waals surface area contributed by atoms with Gasteiger partial charge in [0.25, 0.3) is 0 Å². The quantitative estimate of drug-likeness (QED) is 0.709. The molecule has 84 valence electrons. The number of ether oxygens (including phenoxy) is 1. The van der Waals surface area contributed by atoms with Crippen LogP contribution in [0.2, 0.25) is 0 Å². The van der Waals surface area contributed by atoms with Gasteiger partial charge in [0.15, 0.2) is 0 Å². The van der Waals surface area contributed by atoms with Crippen molar-refractivity contribution in [3.63, 3.8) is 0 Å². The molecule has 2 nitrogen and oxygen atoms in total. The maximum absolute atomic E-state index is 5.53. The van der Waals surface area contributed by atoms with Crippen molar-refractivity contribution in [3.8, 4) is 0 Å². The second kappa shape index (κ2) is 6.41. The zero-order chi connectivity index (χ0) is 10.4. The van der Waals surface area contributed by atoms with Gasteiger partial charge < -0.3 is 10.1 Å². The number of hydrogen-bond acceptors (Lipinski definition) is 2. The van der Waals surface area contributed by atoms with Gasteiger partial charge >= 0.3 is 0 Å². The van der Waals surface area contributed by atoms with Crippen LogP contribution in [0.4, 0.5) is 0 Å². The predicted octanol–water partition coefficient (Wildman–Crippen LogP) is 2.44. The summed E-state index contributed by atoms with van der Waals surface area (Å²) in [6.45, 7) is 9.52. The number of rotatable bonds is 6. The Morgan fingerprint density at radius 1 is 1.29 bits per heavy atom. The maximum atomic E-state index is 5.53. The Morgan fingerprint density at radius 2 is 2.00 bits per heavy atom. The van der Waals surface area contributed by atoms with Crippen LogP contribution in [0.5, 0.6) is 0 Å². The van der Waals surface area contributed by atoms with Crippen LogP contribution in [-0.2, 0) is 4.74 Å². The molecular formula is C12H25NO. The van der Waals surface area contributed by atoms with Gasteiger partial charge in [-0.05, 0) is 38.1 Å². The zero-order valence-electron chi connectivity index (χ0n) is 9.88. The van der Waals surface area contributed by atoms with E-state index in [1.54, 1.807) is 0 Å². The van der Waals surface area contributed by atoms with E-state index in [1.165, 1.54) is 25.8 Å². The third-order valence-corrected chi connectivity index (χ3v) is 3.14. The lowest BCUT2D eigenvalue weighted by Crippen LogP contribution is -2.31. The summed E-state index contributed by atoms with van der Waals surface area (Å²) in [5.74, 6) is 1.66. The minimum atomic E-state index is 0.614. The number of nitrogens with one attached hydrogen (secondary N) is 1. The molecule has 1 N–H and O–H groups in total. The van der Waals surface area contributed by atoms with Gasteiger partial charge in [0, 0.05) is 19.3 Å². The highest BCUT2D eigenvalue weighted by Crippen LogP contribution is 2.31. The van der Waals surface area contributed by atoms with E-state index in [-0.39, 0.29) is 0 Å². The first-order valence-electron chi connectivity index (χ1n) is 6.05. The Bertz CT molecular complexity index is 147. The van der Waals surface area contributed by atoms with Crippen molar-refractivity contribution in [3.05, 3.63) is 0 Å². The average molecular weight is 199 g/mol. The lowest BCUT2D eigenvalue weighted by atomic mass is 9.96. The average Bonchev–Trinajstić information content (AvgIpc) is 2.58. The van der Waals surface area contributed by atoms with E-state index < -0.39 is 0 Å². The third-order valence-electron chi connectivity index (χ3n) is 3.14. The van der Waals surface area contributed by atoms with Crippen molar-refractivity contribution in [2.24, 2.45) is 11.8 Å². The Morgan fingerprint density at radius 3 is 2.64 bits per heavy atom. The van der Waals surface area contributed by atoms with E-state index in [0.717, 1.165) is 25.0 Å². The SMILES string of the molecule is CCOCC1CCCC1CNC(C)C. The molecule has 2 atom stereocenters. The molecule has 1 aliphatic carbocycles. The molecule has 0 radical (unpaired) electrons. The Hall–Kier alpha value is -0.0800. The fourth-order valence-electron chi connectivity index (χ4n) is 2.26. The smallest absolute Gasteiger partial charge is 0.0497 e. The van der Waals surface area contributed by atoms with Gasteiger partial charge in [-0.15, -0.1) is 0 Å². The molecule has 0 aliphatic heterocycles. The van der Waals surface area contributed by atoms with Gasteiger partial charge in [-0.3, -0.25) is 0 Å². The van der Waals surface area contributed by atoms with Crippen LogP contribution < -0.4 is 5.32 Å². The molecule has 0 aromatic carbocycles. The summed E-state index contributed by atoms with van der Waals surface area (Å²) in [6, 6.07) is 0.614. The molecule has 0 spiro atoms. The molecule has 1 saturated carbocycles. The second-order valence-electron chi connectivity index (χ2n) is 4.67. The molecule has 0 amide bonds. The fraction of sp³-hybridized carbons (Fsp3) is 1.00. The monoisotopic (exact) mass is 199 g/mol. The van der Waals surface area contributed by atoms with Gasteiger partial charge in [0.05, 0.1) is 0 Å². The van der Waals surface area contributed by atoms with Crippen LogP contribution in [0.15, 0.2) is 0 Å². The van der Waals surface area contributed by atoms with E-state index in [1.807, 2.05) is 0 Å². The van der Waals surface area contributed by atoms with Crippen molar-refractivity contribution in [2.45, 2.75) is 46.1 Å². The van der Waals surface area contributed by atoms with E-state index in [4.69, 9.17) is 4.74 Å². The van der Waals surface area contributed by atoms with E-state index >= 15 is 0 Å². The highest BCUT2D eigenvalue weighted by atomic mass is 16.5. The molecule has 0 bridgehead atoms. The molecule has 0 saturated heterocycles. The minimum absolute atomic E-state index is 0.614. The largest absolute Gasteiger partial charge is 0.381 e. The normalized spacial score (nSPS) is 27.4.